The van der Waals surface area contributed by atoms with Crippen LogP contribution >= 0.6 is 11.3 Å². The lowest BCUT2D eigenvalue weighted by Crippen LogP contribution is -2.20. The number of nitrogens with zero attached hydrogens (tertiary/aromatic N) is 2. The van der Waals surface area contributed by atoms with Gasteiger partial charge < -0.3 is 9.67 Å². The first-order valence-electron chi connectivity index (χ1n) is 6.91. The molecule has 3 aromatic rings. The molecular weight excluding hydrogens is 284 g/mol. The zero-order chi connectivity index (χ0) is 14.8. The lowest BCUT2D eigenvalue weighted by Gasteiger charge is -2.16. The first-order chi connectivity index (χ1) is 10.2. The van der Waals surface area contributed by atoms with E-state index in [2.05, 4.69) is 11.1 Å². The summed E-state index contributed by atoms with van der Waals surface area (Å²) in [6.07, 6.45) is 1.20. The lowest BCUT2D eigenvalue weighted by molar-refractivity contribution is -0.140. The van der Waals surface area contributed by atoms with Crippen LogP contribution in [0.15, 0.2) is 41.8 Å². The number of benzene rings is 1. The minimum atomic E-state index is -0.812. The molecule has 4 nitrogen and oxygen atoms in total. The zero-order valence-electron chi connectivity index (χ0n) is 11.7. The van der Waals surface area contributed by atoms with Crippen LogP contribution in [0.3, 0.4) is 0 Å². The van der Waals surface area contributed by atoms with Gasteiger partial charge in [0.1, 0.15) is 11.9 Å². The molecule has 0 fully saturated rings. The van der Waals surface area contributed by atoms with Crippen molar-refractivity contribution in [1.29, 1.82) is 0 Å². The predicted octanol–water partition coefficient (Wildman–Crippen LogP) is 3.72. The number of aliphatic carboxylic acids is 1. The topological polar surface area (TPSA) is 55.1 Å². The minimum absolute atomic E-state index is 0.535. The fraction of sp³-hybridized carbons (Fsp3) is 0.250. The van der Waals surface area contributed by atoms with Crippen LogP contribution in [0.1, 0.15) is 30.1 Å². The molecule has 0 saturated heterocycles. The number of rotatable bonds is 5. The van der Waals surface area contributed by atoms with E-state index in [0.717, 1.165) is 16.9 Å². The number of para-hydroxylation sites is 2. The Balaban J connectivity index is 2.15. The molecule has 0 bridgehead atoms. The molecule has 2 aromatic heterocycles. The molecule has 21 heavy (non-hydrogen) atoms. The fourth-order valence-electron chi connectivity index (χ4n) is 2.60. The average molecular weight is 300 g/mol. The van der Waals surface area contributed by atoms with Crippen LogP contribution in [0.25, 0.3) is 11.0 Å². The van der Waals surface area contributed by atoms with Crippen LogP contribution < -0.4 is 0 Å². The molecule has 1 N–H and O–H groups in total. The molecule has 1 unspecified atom stereocenters. The molecule has 1 aromatic carbocycles. The third-order valence-electron chi connectivity index (χ3n) is 3.56. The van der Waals surface area contributed by atoms with Crippen molar-refractivity contribution in [3.8, 4) is 0 Å². The maximum Gasteiger partial charge on any atom is 0.326 e. The van der Waals surface area contributed by atoms with E-state index in [9.17, 15) is 9.90 Å². The maximum absolute atomic E-state index is 11.6. The lowest BCUT2D eigenvalue weighted by atomic mass is 10.2. The highest BCUT2D eigenvalue weighted by molar-refractivity contribution is 7.09. The molecule has 0 radical (unpaired) electrons. The van der Waals surface area contributed by atoms with E-state index in [4.69, 9.17) is 0 Å². The molecule has 0 aliphatic carbocycles. The number of carboxylic acids is 1. The summed E-state index contributed by atoms with van der Waals surface area (Å²) in [4.78, 5) is 17.4. The van der Waals surface area contributed by atoms with E-state index in [1.807, 2.05) is 47.2 Å². The third-order valence-corrected chi connectivity index (χ3v) is 4.44. The summed E-state index contributed by atoms with van der Waals surface area (Å²) in [7, 11) is 0. The molecular formula is C16H16N2O2S. The fourth-order valence-corrected chi connectivity index (χ4v) is 3.30. The number of aromatic nitrogens is 2. The third kappa shape index (κ3) is 2.56. The van der Waals surface area contributed by atoms with Gasteiger partial charge in [0.05, 0.1) is 11.0 Å². The normalized spacial score (nSPS) is 12.6. The highest BCUT2D eigenvalue weighted by Crippen LogP contribution is 2.26. The van der Waals surface area contributed by atoms with Crippen molar-refractivity contribution in [1.82, 2.24) is 9.55 Å². The van der Waals surface area contributed by atoms with E-state index in [1.165, 1.54) is 4.88 Å². The summed E-state index contributed by atoms with van der Waals surface area (Å²) < 4.78 is 1.87. The number of carbonyl (C=O) groups is 1. The first kappa shape index (κ1) is 13.8. The molecule has 3 rings (SSSR count). The second kappa shape index (κ2) is 5.69. The van der Waals surface area contributed by atoms with E-state index < -0.39 is 12.0 Å². The Morgan fingerprint density at radius 1 is 1.33 bits per heavy atom. The van der Waals surface area contributed by atoms with Crippen molar-refractivity contribution in [2.75, 3.05) is 0 Å². The van der Waals surface area contributed by atoms with E-state index in [1.54, 1.807) is 11.3 Å². The van der Waals surface area contributed by atoms with Gasteiger partial charge in [0, 0.05) is 11.3 Å². The quantitative estimate of drug-likeness (QED) is 0.781. The zero-order valence-corrected chi connectivity index (χ0v) is 12.5. The van der Waals surface area contributed by atoms with Crippen molar-refractivity contribution in [3.63, 3.8) is 0 Å². The number of fused-ring (bicyclic) bond motifs is 1. The molecule has 1 atom stereocenters. The standard InChI is InChI=1S/C16H16N2O2S/c1-2-13(16(19)20)18-14-8-4-3-7-12(14)17-15(18)10-11-6-5-9-21-11/h3-9,13H,2,10H2,1H3,(H,19,20). The first-order valence-corrected chi connectivity index (χ1v) is 7.79. The van der Waals surface area contributed by atoms with Crippen molar-refractivity contribution < 1.29 is 9.90 Å². The van der Waals surface area contributed by atoms with Gasteiger partial charge in [-0.05, 0) is 30.0 Å². The SMILES string of the molecule is CCC(C(=O)O)n1c(Cc2cccs2)nc2ccccc21. The van der Waals surface area contributed by atoms with E-state index in [0.29, 0.717) is 12.8 Å². The summed E-state index contributed by atoms with van der Waals surface area (Å²) in [5.41, 5.74) is 1.74. The highest BCUT2D eigenvalue weighted by atomic mass is 32.1. The van der Waals surface area contributed by atoms with Crippen LogP contribution in [0.4, 0.5) is 0 Å². The van der Waals surface area contributed by atoms with Crippen LogP contribution in [0.5, 0.6) is 0 Å². The Bertz CT molecular complexity index is 762. The van der Waals surface area contributed by atoms with Crippen molar-refractivity contribution in [2.24, 2.45) is 0 Å². The van der Waals surface area contributed by atoms with Crippen LogP contribution in [-0.4, -0.2) is 20.6 Å². The molecule has 0 aliphatic heterocycles. The average Bonchev–Trinajstić information content (AvgIpc) is 3.08. The molecule has 0 amide bonds. The van der Waals surface area contributed by atoms with Gasteiger partial charge in [0.25, 0.3) is 0 Å². The minimum Gasteiger partial charge on any atom is -0.480 e. The molecule has 0 spiro atoms. The van der Waals surface area contributed by atoms with Crippen LogP contribution in [0.2, 0.25) is 0 Å². The van der Waals surface area contributed by atoms with Gasteiger partial charge in [-0.15, -0.1) is 11.3 Å². The number of hydrogen-bond donors (Lipinski definition) is 1. The molecule has 108 valence electrons. The van der Waals surface area contributed by atoms with Crippen molar-refractivity contribution >= 4 is 28.3 Å². The Kier molecular flexibility index (Phi) is 3.75. The summed E-state index contributed by atoms with van der Waals surface area (Å²) >= 11 is 1.66. The monoisotopic (exact) mass is 300 g/mol. The summed E-state index contributed by atoms with van der Waals surface area (Å²) in [6.45, 7) is 1.89. The van der Waals surface area contributed by atoms with Gasteiger partial charge in [0.2, 0.25) is 0 Å². The van der Waals surface area contributed by atoms with Crippen LogP contribution in [-0.2, 0) is 11.2 Å². The maximum atomic E-state index is 11.6. The number of imidazole rings is 1. The second-order valence-corrected chi connectivity index (χ2v) is 5.94. The summed E-state index contributed by atoms with van der Waals surface area (Å²) in [5, 5.41) is 11.5. The summed E-state index contributed by atoms with van der Waals surface area (Å²) in [6, 6.07) is 11.2. The smallest absolute Gasteiger partial charge is 0.326 e. The number of thiophene rings is 1. The van der Waals surface area contributed by atoms with Gasteiger partial charge in [-0.2, -0.15) is 0 Å². The largest absolute Gasteiger partial charge is 0.480 e. The van der Waals surface area contributed by atoms with Gasteiger partial charge >= 0.3 is 5.97 Å². The van der Waals surface area contributed by atoms with Gasteiger partial charge in [-0.1, -0.05) is 25.1 Å². The Hall–Kier alpha value is -2.14. The Morgan fingerprint density at radius 2 is 2.14 bits per heavy atom. The molecule has 5 heteroatoms. The highest BCUT2D eigenvalue weighted by Gasteiger charge is 2.23. The van der Waals surface area contributed by atoms with E-state index >= 15 is 0 Å². The Labute approximate surface area is 126 Å². The molecule has 0 aliphatic rings. The van der Waals surface area contributed by atoms with Crippen molar-refractivity contribution in [3.05, 3.63) is 52.5 Å². The number of carboxylic acid groups (broad SMARTS) is 1. The predicted molar refractivity (Wildman–Crippen MR) is 83.8 cm³/mol. The van der Waals surface area contributed by atoms with Crippen molar-refractivity contribution in [2.45, 2.75) is 25.8 Å². The summed E-state index contributed by atoms with van der Waals surface area (Å²) in [5.74, 6) is 0.000910. The van der Waals surface area contributed by atoms with Crippen LogP contribution in [0, 0.1) is 0 Å². The van der Waals surface area contributed by atoms with Gasteiger partial charge in [0.15, 0.2) is 0 Å². The van der Waals surface area contributed by atoms with Gasteiger partial charge in [-0.25, -0.2) is 9.78 Å². The number of hydrogen-bond acceptors (Lipinski definition) is 3. The molecule has 0 saturated carbocycles. The Morgan fingerprint density at radius 3 is 2.81 bits per heavy atom. The molecule has 2 heterocycles. The second-order valence-electron chi connectivity index (χ2n) is 4.91. The van der Waals surface area contributed by atoms with Gasteiger partial charge in [-0.3, -0.25) is 0 Å². The van der Waals surface area contributed by atoms with E-state index in [-0.39, 0.29) is 0 Å².